The van der Waals surface area contributed by atoms with Crippen molar-refractivity contribution in [3.63, 3.8) is 0 Å². The molecule has 2 aromatic rings. The normalized spacial score (nSPS) is 14.3. The highest BCUT2D eigenvalue weighted by Gasteiger charge is 2.21. The first-order valence-corrected chi connectivity index (χ1v) is 9.46. The second-order valence-electron chi connectivity index (χ2n) is 5.97. The maximum Gasteiger partial charge on any atom is 0.357 e. The van der Waals surface area contributed by atoms with E-state index >= 15 is 0 Å². The minimum absolute atomic E-state index is 0.265. The average Bonchev–Trinajstić information content (AvgIpc) is 2.95. The lowest BCUT2D eigenvalue weighted by atomic mass is 10.2. The van der Waals surface area contributed by atoms with Gasteiger partial charge in [-0.05, 0) is 47.1 Å². The zero-order valence-corrected chi connectivity index (χ0v) is 16.6. The molecule has 1 aromatic carbocycles. The van der Waals surface area contributed by atoms with Gasteiger partial charge in [-0.2, -0.15) is 5.10 Å². The highest BCUT2D eigenvalue weighted by molar-refractivity contribution is 9.10. The fraction of sp³-hybridized carbons (Fsp3) is 0.444. The highest BCUT2D eigenvalue weighted by atomic mass is 79.9. The van der Waals surface area contributed by atoms with E-state index in [4.69, 9.17) is 9.47 Å². The summed E-state index contributed by atoms with van der Waals surface area (Å²) >= 11 is 3.43. The van der Waals surface area contributed by atoms with Gasteiger partial charge < -0.3 is 19.7 Å². The number of aromatic nitrogens is 2. The number of nitrogens with zero attached hydrogens (tertiary/aromatic N) is 3. The highest BCUT2D eigenvalue weighted by Crippen LogP contribution is 2.25. The molecule has 1 aliphatic rings. The summed E-state index contributed by atoms with van der Waals surface area (Å²) in [5.41, 5.74) is 2.24. The van der Waals surface area contributed by atoms with Crippen LogP contribution >= 0.6 is 15.9 Å². The first kappa shape index (κ1) is 18.7. The number of nitrogens with one attached hydrogen (secondary N) is 1. The van der Waals surface area contributed by atoms with Crippen LogP contribution in [0.15, 0.2) is 28.7 Å². The van der Waals surface area contributed by atoms with E-state index in [2.05, 4.69) is 43.4 Å². The lowest BCUT2D eigenvalue weighted by Crippen LogP contribution is -2.43. The summed E-state index contributed by atoms with van der Waals surface area (Å²) in [7, 11) is 1.71. The van der Waals surface area contributed by atoms with Crippen molar-refractivity contribution in [2.45, 2.75) is 13.5 Å². The first-order valence-electron chi connectivity index (χ1n) is 8.67. The number of carbonyl (C=O) groups is 1. The fourth-order valence-corrected chi connectivity index (χ4v) is 3.51. The molecule has 1 fully saturated rings. The molecule has 3 rings (SSSR count). The van der Waals surface area contributed by atoms with E-state index in [1.54, 1.807) is 14.0 Å². The number of piperazine rings is 1. The number of rotatable bonds is 6. The van der Waals surface area contributed by atoms with E-state index in [1.165, 1.54) is 10.4 Å². The van der Waals surface area contributed by atoms with Crippen molar-refractivity contribution >= 4 is 27.6 Å². The molecule has 0 radical (unpaired) electrons. The van der Waals surface area contributed by atoms with E-state index in [9.17, 15) is 4.79 Å². The molecule has 140 valence electrons. The predicted molar refractivity (Wildman–Crippen MR) is 103 cm³/mol. The number of hydrogen-bond acceptors (Lipinski definition) is 6. The standard InChI is InChI=1S/C18H23BrN4O3/c1-3-25-18(24)17-16(19)15(21-22(17)2)12-26-14-6-4-13(5-7-14)23-10-8-20-9-11-23/h4-7,20H,3,8-12H2,1-2H3. The maximum atomic E-state index is 12.0. The van der Waals surface area contributed by atoms with Gasteiger partial charge in [-0.1, -0.05) is 0 Å². The molecule has 0 saturated carbocycles. The van der Waals surface area contributed by atoms with Gasteiger partial charge in [0.15, 0.2) is 5.69 Å². The van der Waals surface area contributed by atoms with E-state index < -0.39 is 5.97 Å². The van der Waals surface area contributed by atoms with Crippen LogP contribution < -0.4 is 15.0 Å². The van der Waals surface area contributed by atoms with Gasteiger partial charge in [-0.25, -0.2) is 4.79 Å². The van der Waals surface area contributed by atoms with E-state index in [0.29, 0.717) is 22.5 Å². The molecule has 0 bridgehead atoms. The number of carbonyl (C=O) groups excluding carboxylic acids is 1. The van der Waals surface area contributed by atoms with Crippen LogP contribution in [-0.4, -0.2) is 48.5 Å². The van der Waals surface area contributed by atoms with Gasteiger partial charge in [-0.3, -0.25) is 4.68 Å². The molecular weight excluding hydrogens is 400 g/mol. The molecule has 0 aliphatic carbocycles. The molecule has 26 heavy (non-hydrogen) atoms. The quantitative estimate of drug-likeness (QED) is 0.720. The van der Waals surface area contributed by atoms with E-state index in [1.807, 2.05) is 12.1 Å². The molecular formula is C18H23BrN4O3. The van der Waals surface area contributed by atoms with E-state index in [0.717, 1.165) is 31.9 Å². The maximum absolute atomic E-state index is 12.0. The minimum Gasteiger partial charge on any atom is -0.487 e. The van der Waals surface area contributed by atoms with Crippen LogP contribution in [-0.2, 0) is 18.4 Å². The van der Waals surface area contributed by atoms with Crippen LogP contribution in [0.4, 0.5) is 5.69 Å². The average molecular weight is 423 g/mol. The summed E-state index contributed by atoms with van der Waals surface area (Å²) in [6.45, 7) is 6.40. The van der Waals surface area contributed by atoms with E-state index in [-0.39, 0.29) is 6.61 Å². The van der Waals surface area contributed by atoms with Crippen molar-refractivity contribution < 1.29 is 14.3 Å². The smallest absolute Gasteiger partial charge is 0.357 e. The molecule has 0 atom stereocenters. The number of benzene rings is 1. The Morgan fingerprint density at radius 2 is 1.96 bits per heavy atom. The Morgan fingerprint density at radius 3 is 2.62 bits per heavy atom. The third-order valence-electron chi connectivity index (χ3n) is 4.22. The molecule has 1 aliphatic heterocycles. The zero-order valence-electron chi connectivity index (χ0n) is 15.0. The Balaban J connectivity index is 1.64. The number of halogens is 1. The zero-order chi connectivity index (χ0) is 18.5. The van der Waals surface area contributed by atoms with Gasteiger partial charge >= 0.3 is 5.97 Å². The molecule has 1 N–H and O–H groups in total. The number of aryl methyl sites for hydroxylation is 1. The Kier molecular flexibility index (Phi) is 6.16. The SMILES string of the molecule is CCOC(=O)c1c(Br)c(COc2ccc(N3CCNCC3)cc2)nn1C. The summed E-state index contributed by atoms with van der Waals surface area (Å²) in [5, 5.41) is 7.70. The van der Waals surface area contributed by atoms with Crippen molar-refractivity contribution in [3.8, 4) is 5.75 Å². The predicted octanol–water partition coefficient (Wildman–Crippen LogP) is 2.35. The molecule has 0 unspecified atom stereocenters. The lowest BCUT2D eigenvalue weighted by molar-refractivity contribution is 0.0512. The Morgan fingerprint density at radius 1 is 1.27 bits per heavy atom. The summed E-state index contributed by atoms with van der Waals surface area (Å²) in [6.07, 6.45) is 0. The van der Waals surface area contributed by atoms with Crippen LogP contribution in [0.2, 0.25) is 0 Å². The number of hydrogen-bond donors (Lipinski definition) is 1. The molecule has 0 amide bonds. The third kappa shape index (κ3) is 4.19. The fourth-order valence-electron chi connectivity index (χ4n) is 2.90. The Labute approximate surface area is 161 Å². The summed E-state index contributed by atoms with van der Waals surface area (Å²) < 4.78 is 13.0. The van der Waals surface area contributed by atoms with Gasteiger partial charge in [0, 0.05) is 38.9 Å². The Hall–Kier alpha value is -2.06. The van der Waals surface area contributed by atoms with Crippen LogP contribution in [0.1, 0.15) is 23.1 Å². The summed E-state index contributed by atoms with van der Waals surface area (Å²) in [6, 6.07) is 8.05. The van der Waals surface area contributed by atoms with Gasteiger partial charge in [0.1, 0.15) is 18.1 Å². The topological polar surface area (TPSA) is 68.6 Å². The van der Waals surface area contributed by atoms with Crippen molar-refractivity contribution in [2.24, 2.45) is 7.05 Å². The lowest BCUT2D eigenvalue weighted by Gasteiger charge is -2.29. The van der Waals surface area contributed by atoms with Gasteiger partial charge in [0.05, 0.1) is 11.1 Å². The molecule has 1 aromatic heterocycles. The summed E-state index contributed by atoms with van der Waals surface area (Å²) in [4.78, 5) is 14.3. The second kappa shape index (κ2) is 8.55. The van der Waals surface area contributed by atoms with Crippen molar-refractivity contribution in [3.05, 3.63) is 40.1 Å². The van der Waals surface area contributed by atoms with Gasteiger partial charge in [0.25, 0.3) is 0 Å². The number of esters is 1. The molecule has 0 spiro atoms. The van der Waals surface area contributed by atoms with Crippen molar-refractivity contribution in [1.29, 1.82) is 0 Å². The molecule has 8 heteroatoms. The second-order valence-corrected chi connectivity index (χ2v) is 6.77. The minimum atomic E-state index is -0.402. The molecule has 7 nitrogen and oxygen atoms in total. The first-order chi connectivity index (χ1) is 12.6. The molecule has 1 saturated heterocycles. The number of anilines is 1. The third-order valence-corrected chi connectivity index (χ3v) is 5.05. The monoisotopic (exact) mass is 422 g/mol. The van der Waals surface area contributed by atoms with Gasteiger partial charge in [0.2, 0.25) is 0 Å². The van der Waals surface area contributed by atoms with Crippen molar-refractivity contribution in [2.75, 3.05) is 37.7 Å². The summed E-state index contributed by atoms with van der Waals surface area (Å²) in [5.74, 6) is 0.361. The van der Waals surface area contributed by atoms with Crippen molar-refractivity contribution in [1.82, 2.24) is 15.1 Å². The largest absolute Gasteiger partial charge is 0.487 e. The van der Waals surface area contributed by atoms with Gasteiger partial charge in [-0.15, -0.1) is 0 Å². The van der Waals surface area contributed by atoms with Crippen LogP contribution in [0, 0.1) is 0 Å². The van der Waals surface area contributed by atoms with Crippen LogP contribution in [0.5, 0.6) is 5.75 Å². The Bertz CT molecular complexity index is 755. The van der Waals surface area contributed by atoms with Crippen LogP contribution in [0.25, 0.3) is 0 Å². The number of ether oxygens (including phenoxy) is 2. The van der Waals surface area contributed by atoms with Crippen LogP contribution in [0.3, 0.4) is 0 Å². The molecule has 2 heterocycles.